The molecule has 0 saturated heterocycles. The van der Waals surface area contributed by atoms with Crippen LogP contribution in [0.5, 0.6) is 0 Å². The molecule has 1 aliphatic heterocycles. The van der Waals surface area contributed by atoms with Crippen molar-refractivity contribution in [1.82, 2.24) is 15.2 Å². The molecule has 11 nitrogen and oxygen atoms in total. The molecule has 2 aliphatic rings. The number of allylic oxidation sites excluding steroid dienone is 3. The fourth-order valence-electron chi connectivity index (χ4n) is 5.15. The summed E-state index contributed by atoms with van der Waals surface area (Å²) >= 11 is 3.65. The highest BCUT2D eigenvalue weighted by molar-refractivity contribution is 8.01. The predicted molar refractivity (Wildman–Crippen MR) is 165 cm³/mol. The first-order valence-corrected chi connectivity index (χ1v) is 16.2. The Morgan fingerprint density at radius 3 is 2.74 bits per heavy atom. The molecular formula is C29H29N7O4S3. The summed E-state index contributed by atoms with van der Waals surface area (Å²) in [4.78, 5) is 43.9. The maximum absolute atomic E-state index is 13.6. The maximum Gasteiger partial charge on any atom is 0.311 e. The molecule has 1 atom stereocenters. The number of Topliss-reactive ketones (excluding diaryl/α,β-unsaturated/α-hetero) is 1. The van der Waals surface area contributed by atoms with E-state index in [4.69, 9.17) is 10.5 Å². The summed E-state index contributed by atoms with van der Waals surface area (Å²) in [5.74, 6) is -0.985. The number of thioether (sulfide) groups is 1. The molecule has 1 unspecified atom stereocenters. The SMILES string of the molecule is CCOC(=O)Cc1csc(NC(=O)CSc2nnc(N3C(N)=C(C#N)C(c4ccccc4)C4=C3CC(C)(C)CC4=O)s2)n1. The third-order valence-electron chi connectivity index (χ3n) is 6.86. The molecule has 3 heterocycles. The number of amides is 1. The van der Waals surface area contributed by atoms with Gasteiger partial charge in [0.2, 0.25) is 11.0 Å². The number of rotatable bonds is 9. The third-order valence-corrected chi connectivity index (χ3v) is 9.70. The minimum atomic E-state index is -0.560. The van der Waals surface area contributed by atoms with Crippen molar-refractivity contribution in [3.8, 4) is 6.07 Å². The Kier molecular flexibility index (Phi) is 8.95. The van der Waals surface area contributed by atoms with E-state index in [2.05, 4.69) is 26.6 Å². The number of ether oxygens (including phenoxy) is 1. The summed E-state index contributed by atoms with van der Waals surface area (Å²) in [6, 6.07) is 11.7. The van der Waals surface area contributed by atoms with Gasteiger partial charge < -0.3 is 15.8 Å². The molecule has 1 amide bonds. The summed E-state index contributed by atoms with van der Waals surface area (Å²) in [6.07, 6.45) is 0.960. The number of hydrogen-bond donors (Lipinski definition) is 2. The molecule has 5 rings (SSSR count). The highest BCUT2D eigenvalue weighted by Gasteiger charge is 2.45. The lowest BCUT2D eigenvalue weighted by molar-refractivity contribution is -0.142. The number of nitrogens with one attached hydrogen (secondary N) is 1. The van der Waals surface area contributed by atoms with Crippen molar-refractivity contribution < 1.29 is 19.1 Å². The van der Waals surface area contributed by atoms with Crippen LogP contribution >= 0.6 is 34.4 Å². The van der Waals surface area contributed by atoms with Gasteiger partial charge in [0, 0.05) is 23.1 Å². The second-order valence-corrected chi connectivity index (χ2v) is 13.7. The Hall–Kier alpha value is -4.06. The molecule has 2 aromatic heterocycles. The quantitative estimate of drug-likeness (QED) is 0.246. The molecule has 1 aliphatic carbocycles. The zero-order valence-corrected chi connectivity index (χ0v) is 26.2. The average Bonchev–Trinajstić information content (AvgIpc) is 3.60. The van der Waals surface area contributed by atoms with Gasteiger partial charge in [0.1, 0.15) is 5.82 Å². The van der Waals surface area contributed by atoms with Gasteiger partial charge in [0.15, 0.2) is 15.3 Å². The molecule has 3 N–H and O–H groups in total. The molecule has 0 bridgehead atoms. The maximum atomic E-state index is 13.6. The van der Waals surface area contributed by atoms with E-state index in [1.807, 2.05) is 44.2 Å². The Labute approximate surface area is 260 Å². The number of nitrogens with zero attached hydrogens (tertiary/aromatic N) is 5. The largest absolute Gasteiger partial charge is 0.466 e. The van der Waals surface area contributed by atoms with Crippen LogP contribution in [0.3, 0.4) is 0 Å². The highest BCUT2D eigenvalue weighted by Crippen LogP contribution is 2.50. The molecular weight excluding hydrogens is 607 g/mol. The van der Waals surface area contributed by atoms with Gasteiger partial charge in [-0.25, -0.2) is 4.98 Å². The van der Waals surface area contributed by atoms with E-state index in [1.165, 1.54) is 34.4 Å². The number of nitrogens with two attached hydrogens (primary N) is 1. The van der Waals surface area contributed by atoms with Crippen molar-refractivity contribution >= 4 is 62.4 Å². The fraction of sp³-hybridized carbons (Fsp3) is 0.345. The van der Waals surface area contributed by atoms with Crippen LogP contribution in [0.25, 0.3) is 0 Å². The molecule has 0 saturated carbocycles. The van der Waals surface area contributed by atoms with Crippen LogP contribution < -0.4 is 16.0 Å². The van der Waals surface area contributed by atoms with E-state index >= 15 is 0 Å². The normalized spacial score (nSPS) is 17.9. The Morgan fingerprint density at radius 1 is 1.26 bits per heavy atom. The first-order valence-electron chi connectivity index (χ1n) is 13.5. The summed E-state index contributed by atoms with van der Waals surface area (Å²) in [5.41, 5.74) is 9.28. The van der Waals surface area contributed by atoms with E-state index in [1.54, 1.807) is 17.2 Å². The number of anilines is 2. The fourth-order valence-corrected chi connectivity index (χ4v) is 7.55. The number of carbonyl (C=O) groups is 3. The lowest BCUT2D eigenvalue weighted by Gasteiger charge is -2.42. The van der Waals surface area contributed by atoms with Crippen LogP contribution in [-0.2, 0) is 25.5 Å². The summed E-state index contributed by atoms with van der Waals surface area (Å²) in [5, 5.41) is 24.1. The Balaban J connectivity index is 1.35. The van der Waals surface area contributed by atoms with Crippen LogP contribution in [0.2, 0.25) is 0 Å². The van der Waals surface area contributed by atoms with Crippen molar-refractivity contribution in [3.63, 3.8) is 0 Å². The van der Waals surface area contributed by atoms with Crippen molar-refractivity contribution in [3.05, 3.63) is 69.6 Å². The second-order valence-electron chi connectivity index (χ2n) is 10.7. The summed E-state index contributed by atoms with van der Waals surface area (Å²) in [7, 11) is 0. The number of nitriles is 1. The van der Waals surface area contributed by atoms with Gasteiger partial charge >= 0.3 is 5.97 Å². The second kappa shape index (κ2) is 12.7. The number of benzene rings is 1. The molecule has 0 radical (unpaired) electrons. The van der Waals surface area contributed by atoms with Crippen molar-refractivity contribution in [2.24, 2.45) is 11.1 Å². The molecule has 3 aromatic rings. The van der Waals surface area contributed by atoms with Crippen molar-refractivity contribution in [2.75, 3.05) is 22.6 Å². The van der Waals surface area contributed by atoms with E-state index in [0.717, 1.165) is 11.3 Å². The van der Waals surface area contributed by atoms with Crippen LogP contribution in [0.1, 0.15) is 50.8 Å². The van der Waals surface area contributed by atoms with Gasteiger partial charge in [-0.3, -0.25) is 19.3 Å². The lowest BCUT2D eigenvalue weighted by Crippen LogP contribution is -2.42. The van der Waals surface area contributed by atoms with E-state index in [9.17, 15) is 19.6 Å². The van der Waals surface area contributed by atoms with Gasteiger partial charge in [0.25, 0.3) is 0 Å². The number of carbonyl (C=O) groups excluding carboxylic acids is 3. The molecule has 0 fully saturated rings. The van der Waals surface area contributed by atoms with E-state index in [-0.39, 0.29) is 46.6 Å². The standard InChI is InChI=1S/C29H29N7O4S3/c1-4-40-22(39)10-17-14-41-26(32-17)33-21(38)15-42-28-35-34-27(43-28)36-19-11-29(2,3)12-20(37)24(19)23(18(13-30)25(36)31)16-8-6-5-7-9-16/h5-9,14,23H,4,10-12,15,31H2,1-3H3,(H,32,33,38). The van der Waals surface area contributed by atoms with Crippen molar-refractivity contribution in [1.29, 1.82) is 5.26 Å². The Bertz CT molecular complexity index is 1670. The molecule has 0 spiro atoms. The molecule has 222 valence electrons. The van der Waals surface area contributed by atoms with Gasteiger partial charge in [0.05, 0.1) is 42.0 Å². The van der Waals surface area contributed by atoms with Gasteiger partial charge in [-0.2, -0.15) is 5.26 Å². The van der Waals surface area contributed by atoms with Gasteiger partial charge in [-0.1, -0.05) is 67.3 Å². The summed E-state index contributed by atoms with van der Waals surface area (Å²) in [6.45, 7) is 6.09. The number of aromatic nitrogens is 3. The van der Waals surface area contributed by atoms with Crippen LogP contribution in [0.15, 0.2) is 62.7 Å². The molecule has 1 aromatic carbocycles. The zero-order chi connectivity index (χ0) is 30.7. The van der Waals surface area contributed by atoms with Crippen molar-refractivity contribution in [2.45, 2.75) is 50.3 Å². The highest BCUT2D eigenvalue weighted by atomic mass is 32.2. The number of hydrogen-bond acceptors (Lipinski definition) is 13. The monoisotopic (exact) mass is 635 g/mol. The number of ketones is 1. The van der Waals surface area contributed by atoms with E-state index < -0.39 is 5.92 Å². The third kappa shape index (κ3) is 6.64. The summed E-state index contributed by atoms with van der Waals surface area (Å²) < 4.78 is 5.45. The van der Waals surface area contributed by atoms with Crippen LogP contribution in [0.4, 0.5) is 10.3 Å². The minimum absolute atomic E-state index is 0.0197. The van der Waals surface area contributed by atoms with Crippen LogP contribution in [0, 0.1) is 16.7 Å². The Morgan fingerprint density at radius 2 is 2.02 bits per heavy atom. The smallest absolute Gasteiger partial charge is 0.311 e. The van der Waals surface area contributed by atoms with Crippen LogP contribution in [-0.4, -0.2) is 45.2 Å². The topological polar surface area (TPSA) is 164 Å². The predicted octanol–water partition coefficient (Wildman–Crippen LogP) is 4.77. The molecule has 14 heteroatoms. The molecule has 43 heavy (non-hydrogen) atoms. The number of esters is 1. The average molecular weight is 636 g/mol. The number of thiazole rings is 1. The van der Waals surface area contributed by atoms with E-state index in [0.29, 0.717) is 45.3 Å². The van der Waals surface area contributed by atoms with Gasteiger partial charge in [-0.05, 0) is 24.3 Å². The zero-order valence-electron chi connectivity index (χ0n) is 23.7. The lowest BCUT2D eigenvalue weighted by atomic mass is 9.69. The first-order chi connectivity index (χ1) is 20.6. The van der Waals surface area contributed by atoms with Gasteiger partial charge in [-0.15, -0.1) is 21.5 Å². The minimum Gasteiger partial charge on any atom is -0.466 e. The first kappa shape index (κ1) is 30.4.